The van der Waals surface area contributed by atoms with Crippen LogP contribution >= 0.6 is 0 Å². The van der Waals surface area contributed by atoms with Crippen LogP contribution in [0.3, 0.4) is 0 Å². The van der Waals surface area contributed by atoms with Crippen molar-refractivity contribution in [3.63, 3.8) is 0 Å². The van der Waals surface area contributed by atoms with Gasteiger partial charge in [0.25, 0.3) is 0 Å². The van der Waals surface area contributed by atoms with Crippen molar-refractivity contribution in [1.29, 1.82) is 0 Å². The van der Waals surface area contributed by atoms with E-state index in [4.69, 9.17) is 5.73 Å². The molecule has 0 aromatic carbocycles. The van der Waals surface area contributed by atoms with Gasteiger partial charge < -0.3 is 11.1 Å². The molecule has 0 heterocycles. The third-order valence-corrected chi connectivity index (χ3v) is 2.58. The third kappa shape index (κ3) is 2.76. The fraction of sp³-hybridized carbons (Fsp3) is 1.00. The Labute approximate surface area is 75.9 Å². The molecule has 1 saturated carbocycles. The van der Waals surface area contributed by atoms with E-state index in [0.29, 0.717) is 18.0 Å². The second-order valence-electron chi connectivity index (χ2n) is 5.20. The molecule has 1 rings (SSSR count). The Hall–Kier alpha value is -0.0800. The molecule has 3 unspecified atom stereocenters. The van der Waals surface area contributed by atoms with E-state index >= 15 is 0 Å². The maximum absolute atomic E-state index is 5.95. The topological polar surface area (TPSA) is 38.0 Å². The summed E-state index contributed by atoms with van der Waals surface area (Å²) in [5.74, 6) is 0.685. The van der Waals surface area contributed by atoms with Crippen molar-refractivity contribution < 1.29 is 0 Å². The lowest BCUT2D eigenvalue weighted by atomic mass is 10.1. The number of nitrogens with two attached hydrogens (primary N) is 1. The summed E-state index contributed by atoms with van der Waals surface area (Å²) in [6, 6.07) is 1.04. The smallest absolute Gasteiger partial charge is 0.00991 e. The minimum absolute atomic E-state index is 0.231. The van der Waals surface area contributed by atoms with Crippen molar-refractivity contribution in [1.82, 2.24) is 5.32 Å². The maximum atomic E-state index is 5.95. The zero-order chi connectivity index (χ0) is 9.35. The average Bonchev–Trinajstić information content (AvgIpc) is 2.07. The molecule has 0 bridgehead atoms. The summed E-state index contributed by atoms with van der Waals surface area (Å²) >= 11 is 0. The Balaban J connectivity index is 2.38. The minimum atomic E-state index is 0.231. The van der Waals surface area contributed by atoms with Crippen molar-refractivity contribution in [3.8, 4) is 0 Å². The Morgan fingerprint density at radius 3 is 2.17 bits per heavy atom. The molecule has 3 atom stereocenters. The molecule has 0 saturated heterocycles. The van der Waals surface area contributed by atoms with E-state index in [2.05, 4.69) is 33.0 Å². The molecule has 2 heteroatoms. The number of nitrogens with one attached hydrogen (secondary N) is 1. The van der Waals surface area contributed by atoms with Crippen LogP contribution < -0.4 is 11.1 Å². The molecule has 0 aromatic heterocycles. The first-order valence-corrected chi connectivity index (χ1v) is 4.92. The fourth-order valence-electron chi connectivity index (χ4n) is 2.01. The van der Waals surface area contributed by atoms with Crippen molar-refractivity contribution >= 4 is 0 Å². The molecule has 0 aromatic rings. The van der Waals surface area contributed by atoms with E-state index in [-0.39, 0.29) is 5.54 Å². The number of hydrogen-bond donors (Lipinski definition) is 2. The predicted octanol–water partition coefficient (Wildman–Crippen LogP) is 1.50. The first-order valence-electron chi connectivity index (χ1n) is 4.92. The second-order valence-corrected chi connectivity index (χ2v) is 5.20. The Morgan fingerprint density at radius 2 is 1.83 bits per heavy atom. The quantitative estimate of drug-likeness (QED) is 0.626. The Kier molecular flexibility index (Phi) is 2.79. The summed E-state index contributed by atoms with van der Waals surface area (Å²) in [6.45, 7) is 8.87. The van der Waals surface area contributed by atoms with Gasteiger partial charge in [0.2, 0.25) is 0 Å². The highest BCUT2D eigenvalue weighted by atomic mass is 15.0. The van der Waals surface area contributed by atoms with Crippen LogP contribution in [0.2, 0.25) is 0 Å². The van der Waals surface area contributed by atoms with Gasteiger partial charge in [-0.3, -0.25) is 0 Å². The van der Waals surface area contributed by atoms with Gasteiger partial charge in [0.1, 0.15) is 0 Å². The molecule has 72 valence electrons. The molecule has 0 spiro atoms. The average molecular weight is 170 g/mol. The van der Waals surface area contributed by atoms with Crippen LogP contribution in [0.25, 0.3) is 0 Å². The summed E-state index contributed by atoms with van der Waals surface area (Å²) in [6.07, 6.45) is 2.37. The van der Waals surface area contributed by atoms with Crippen molar-refractivity contribution in [2.75, 3.05) is 0 Å². The van der Waals surface area contributed by atoms with Gasteiger partial charge in [-0.15, -0.1) is 0 Å². The monoisotopic (exact) mass is 170 g/mol. The summed E-state index contributed by atoms with van der Waals surface area (Å²) in [7, 11) is 0. The molecule has 1 fully saturated rings. The molecule has 3 N–H and O–H groups in total. The van der Waals surface area contributed by atoms with E-state index in [0.717, 1.165) is 6.42 Å². The highest BCUT2D eigenvalue weighted by Crippen LogP contribution is 2.25. The first kappa shape index (κ1) is 10.0. The summed E-state index contributed by atoms with van der Waals surface area (Å²) in [5, 5.41) is 3.60. The zero-order valence-electron chi connectivity index (χ0n) is 8.72. The lowest BCUT2D eigenvalue weighted by molar-refractivity contribution is 0.356. The van der Waals surface area contributed by atoms with E-state index < -0.39 is 0 Å². The van der Waals surface area contributed by atoms with E-state index in [1.165, 1.54) is 6.42 Å². The molecule has 12 heavy (non-hydrogen) atoms. The molecule has 1 aliphatic rings. The Morgan fingerprint density at radius 1 is 1.25 bits per heavy atom. The largest absolute Gasteiger partial charge is 0.327 e. The normalized spacial score (nSPS) is 37.2. The SMILES string of the molecule is CC1CC(NC(C)(C)C)CC1N. The van der Waals surface area contributed by atoms with Gasteiger partial charge in [0.05, 0.1) is 0 Å². The lowest BCUT2D eigenvalue weighted by Gasteiger charge is -2.25. The molecule has 0 amide bonds. The number of rotatable bonds is 1. The van der Waals surface area contributed by atoms with Crippen molar-refractivity contribution in [2.24, 2.45) is 11.7 Å². The Bertz CT molecular complexity index is 138. The van der Waals surface area contributed by atoms with Crippen molar-refractivity contribution in [3.05, 3.63) is 0 Å². The van der Waals surface area contributed by atoms with Crippen LogP contribution in [0.1, 0.15) is 40.5 Å². The van der Waals surface area contributed by atoms with Gasteiger partial charge in [-0.1, -0.05) is 6.92 Å². The van der Waals surface area contributed by atoms with Crippen LogP contribution in [-0.2, 0) is 0 Å². The van der Waals surface area contributed by atoms with Gasteiger partial charge in [0, 0.05) is 17.6 Å². The predicted molar refractivity (Wildman–Crippen MR) is 53.1 cm³/mol. The van der Waals surface area contributed by atoms with Gasteiger partial charge in [-0.2, -0.15) is 0 Å². The summed E-state index contributed by atoms with van der Waals surface area (Å²) in [5.41, 5.74) is 6.18. The van der Waals surface area contributed by atoms with Crippen LogP contribution in [0.4, 0.5) is 0 Å². The molecule has 0 radical (unpaired) electrons. The molecular formula is C10H22N2. The summed E-state index contributed by atoms with van der Waals surface area (Å²) in [4.78, 5) is 0. The van der Waals surface area contributed by atoms with Crippen LogP contribution in [-0.4, -0.2) is 17.6 Å². The highest BCUT2D eigenvalue weighted by molar-refractivity contribution is 4.90. The molecule has 2 nitrogen and oxygen atoms in total. The third-order valence-electron chi connectivity index (χ3n) is 2.58. The van der Waals surface area contributed by atoms with Gasteiger partial charge in [0.15, 0.2) is 0 Å². The first-order chi connectivity index (χ1) is 5.38. The van der Waals surface area contributed by atoms with Gasteiger partial charge >= 0.3 is 0 Å². The fourth-order valence-corrected chi connectivity index (χ4v) is 2.01. The molecule has 1 aliphatic carbocycles. The standard InChI is InChI=1S/C10H22N2/c1-7-5-8(6-9(7)11)12-10(2,3)4/h7-9,12H,5-6,11H2,1-4H3. The van der Waals surface area contributed by atoms with Crippen LogP contribution in [0.15, 0.2) is 0 Å². The van der Waals surface area contributed by atoms with Gasteiger partial charge in [-0.05, 0) is 39.5 Å². The minimum Gasteiger partial charge on any atom is -0.327 e. The highest BCUT2D eigenvalue weighted by Gasteiger charge is 2.30. The second kappa shape index (κ2) is 3.35. The number of hydrogen-bond acceptors (Lipinski definition) is 2. The maximum Gasteiger partial charge on any atom is 0.00991 e. The van der Waals surface area contributed by atoms with Crippen LogP contribution in [0.5, 0.6) is 0 Å². The van der Waals surface area contributed by atoms with E-state index in [1.54, 1.807) is 0 Å². The van der Waals surface area contributed by atoms with E-state index in [1.807, 2.05) is 0 Å². The zero-order valence-corrected chi connectivity index (χ0v) is 8.72. The lowest BCUT2D eigenvalue weighted by Crippen LogP contribution is -2.42. The van der Waals surface area contributed by atoms with Crippen molar-refractivity contribution in [2.45, 2.75) is 58.2 Å². The van der Waals surface area contributed by atoms with E-state index in [9.17, 15) is 0 Å². The van der Waals surface area contributed by atoms with Gasteiger partial charge in [-0.25, -0.2) is 0 Å². The van der Waals surface area contributed by atoms with Crippen LogP contribution in [0, 0.1) is 5.92 Å². The molecule has 0 aliphatic heterocycles. The molecular weight excluding hydrogens is 148 g/mol. The summed E-state index contributed by atoms with van der Waals surface area (Å²) < 4.78 is 0.